The van der Waals surface area contributed by atoms with Crippen molar-refractivity contribution in [2.75, 3.05) is 0 Å². The Kier molecular flexibility index (Phi) is 26.9. The number of fused-ring (bicyclic) bond motifs is 16. The Hall–Kier alpha value is -9.16. The van der Waals surface area contributed by atoms with Gasteiger partial charge in [-0.2, -0.15) is 0 Å². The van der Waals surface area contributed by atoms with Crippen LogP contribution in [-0.4, -0.2) is 39.9 Å². The van der Waals surface area contributed by atoms with Gasteiger partial charge in [0, 0.05) is 53.9 Å². The van der Waals surface area contributed by atoms with E-state index in [0.717, 1.165) is 217 Å². The van der Waals surface area contributed by atoms with Gasteiger partial charge in [-0.25, -0.2) is 19.9 Å². The van der Waals surface area contributed by atoms with E-state index < -0.39 is 0 Å². The Morgan fingerprint density at radius 3 is 0.718 bits per heavy atom. The summed E-state index contributed by atoms with van der Waals surface area (Å²) in [5, 5.41) is 0. The number of hydrogen-bond acceptors (Lipinski definition) is 6. The Labute approximate surface area is 666 Å². The number of aryl methyl sites for hydroxylation is 10. The van der Waals surface area contributed by atoms with E-state index in [4.69, 9.17) is 19.9 Å². The first-order chi connectivity index (χ1) is 53.7. The number of aromatic nitrogens is 8. The molecule has 0 saturated heterocycles. The lowest BCUT2D eigenvalue weighted by Crippen LogP contribution is -1.95. The Balaban J connectivity index is 1.02. The van der Waals surface area contributed by atoms with Gasteiger partial charge in [0.05, 0.1) is 66.4 Å². The molecule has 0 fully saturated rings. The maximum atomic E-state index is 5.70. The van der Waals surface area contributed by atoms with Crippen molar-refractivity contribution >= 4 is 111 Å². The maximum absolute atomic E-state index is 5.70. The fraction of sp³-hybridized carbons (Fsp3) is 0.440. The van der Waals surface area contributed by atoms with Crippen molar-refractivity contribution in [2.45, 2.75) is 292 Å². The van der Waals surface area contributed by atoms with Gasteiger partial charge in [0.1, 0.15) is 0 Å². The van der Waals surface area contributed by atoms with E-state index in [9.17, 15) is 0 Å². The number of thiophene rings is 2. The topological polar surface area (TPSA) is 115 Å². The van der Waals surface area contributed by atoms with Crippen molar-refractivity contribution in [3.05, 3.63) is 171 Å². The molecule has 8 nitrogen and oxygen atoms in total. The van der Waals surface area contributed by atoms with Gasteiger partial charge >= 0.3 is 0 Å². The summed E-state index contributed by atoms with van der Waals surface area (Å²) < 4.78 is 0. The number of allylic oxidation sites excluding steroid dienone is 8. The van der Waals surface area contributed by atoms with Crippen molar-refractivity contribution < 1.29 is 0 Å². The fourth-order valence-electron chi connectivity index (χ4n) is 18.2. The molecule has 0 spiro atoms. The number of rotatable bonds is 27. The average Bonchev–Trinajstić information content (AvgIpc) is 1.61. The van der Waals surface area contributed by atoms with E-state index in [1.165, 1.54) is 171 Å². The van der Waals surface area contributed by atoms with Gasteiger partial charge in [0.25, 0.3) is 0 Å². The molecule has 4 N–H and O–H groups in total. The van der Waals surface area contributed by atoms with Crippen LogP contribution in [0.4, 0.5) is 0 Å². The van der Waals surface area contributed by atoms with Crippen LogP contribution in [0.25, 0.3) is 98.5 Å². The van der Waals surface area contributed by atoms with Gasteiger partial charge in [-0.3, -0.25) is 0 Å². The number of nitrogens with zero attached hydrogens (tertiary/aromatic N) is 4. The molecule has 0 atom stereocenters. The molecule has 8 aromatic heterocycles. The molecule has 8 aromatic rings. The lowest BCUT2D eigenvalue weighted by Gasteiger charge is -2.08. The van der Waals surface area contributed by atoms with Crippen molar-refractivity contribution in [2.24, 2.45) is 0 Å². The van der Waals surface area contributed by atoms with Gasteiger partial charge in [-0.1, -0.05) is 163 Å². The zero-order valence-corrected chi connectivity index (χ0v) is 71.2. The molecule has 0 amide bonds. The van der Waals surface area contributed by atoms with E-state index in [2.05, 4.69) is 240 Å². The van der Waals surface area contributed by atoms with Gasteiger partial charge < -0.3 is 19.9 Å². The number of aromatic amines is 4. The molecule has 0 saturated carbocycles. The Morgan fingerprint density at radius 1 is 0.255 bits per heavy atom. The minimum Gasteiger partial charge on any atom is -0.355 e. The molecule has 10 heteroatoms. The Bertz CT molecular complexity index is 5040. The highest BCUT2D eigenvalue weighted by Crippen LogP contribution is 2.46. The third kappa shape index (κ3) is 15.8. The zero-order valence-electron chi connectivity index (χ0n) is 69.6. The molecule has 4 aliphatic heterocycles. The SMILES string of the molecule is CCCCCCc1cc(C#CC#Cc2c3nc(cc4[nH]c(cc5[nH]c(cc6nc2C(CC)=C6CC)c(CC)c5CC)c(CC)c4CC)C(CC)=C3CC)sc1-c1sc(C#CC#Cc2c3nc(cc4[nH]c(cc5[nH]c(cc6nc2C(CC)=C6CC)c(CC)c5CC)c(CC)c4CC)C(CC)=C3CC)cc1CCCCCC. The van der Waals surface area contributed by atoms with Gasteiger partial charge in [0.2, 0.25) is 0 Å². The molecule has 0 aliphatic carbocycles. The Morgan fingerprint density at radius 2 is 0.491 bits per heavy atom. The van der Waals surface area contributed by atoms with Crippen molar-refractivity contribution in [3.8, 4) is 57.1 Å². The van der Waals surface area contributed by atoms with Crippen LogP contribution >= 0.6 is 22.7 Å². The fourth-order valence-corrected chi connectivity index (χ4v) is 20.5. The predicted molar refractivity (Wildman–Crippen MR) is 477 cm³/mol. The summed E-state index contributed by atoms with van der Waals surface area (Å²) in [5.41, 5.74) is 42.3. The average molecular weight is 1500 g/mol. The van der Waals surface area contributed by atoms with E-state index in [-0.39, 0.29) is 0 Å². The van der Waals surface area contributed by atoms with E-state index in [1.54, 1.807) is 0 Å². The predicted octanol–water partition coefficient (Wildman–Crippen LogP) is 27.2. The molecule has 0 radical (unpaired) electrons. The van der Waals surface area contributed by atoms with Crippen molar-refractivity contribution in [1.82, 2.24) is 39.9 Å². The number of hydrogen-bond donors (Lipinski definition) is 4. The minimum atomic E-state index is 0.819. The highest BCUT2D eigenvalue weighted by molar-refractivity contribution is 7.23. The second-order valence-corrected chi connectivity index (χ2v) is 31.8. The van der Waals surface area contributed by atoms with Crippen molar-refractivity contribution in [3.63, 3.8) is 0 Å². The van der Waals surface area contributed by atoms with Gasteiger partial charge in [-0.15, -0.1) is 22.7 Å². The summed E-state index contributed by atoms with van der Waals surface area (Å²) in [7, 11) is 0. The minimum absolute atomic E-state index is 0.819. The first-order valence-corrected chi connectivity index (χ1v) is 44.2. The lowest BCUT2D eigenvalue weighted by atomic mass is 9.94. The van der Waals surface area contributed by atoms with Crippen LogP contribution < -0.4 is 0 Å². The highest BCUT2D eigenvalue weighted by atomic mass is 32.1. The molecule has 12 rings (SSSR count). The number of unbranched alkanes of at least 4 members (excludes halogenated alkanes) is 6. The lowest BCUT2D eigenvalue weighted by molar-refractivity contribution is 0.666. The molecule has 12 heterocycles. The quantitative estimate of drug-likeness (QED) is 0.0303. The molecule has 110 heavy (non-hydrogen) atoms. The number of nitrogens with one attached hydrogen (secondary N) is 4. The van der Waals surface area contributed by atoms with E-state index in [0.29, 0.717) is 0 Å². The summed E-state index contributed by atoms with van der Waals surface area (Å²) in [6.07, 6.45) is 25.5. The summed E-state index contributed by atoms with van der Waals surface area (Å²) in [6, 6.07) is 18.8. The highest BCUT2D eigenvalue weighted by Gasteiger charge is 2.30. The van der Waals surface area contributed by atoms with Crippen LogP contribution in [0.15, 0.2) is 48.5 Å². The molecule has 0 aromatic carbocycles. The molecular weight excluding hydrogens is 1380 g/mol. The van der Waals surface area contributed by atoms with Crippen molar-refractivity contribution in [1.29, 1.82) is 0 Å². The maximum Gasteiger partial charge on any atom is 0.0851 e. The molecule has 0 unspecified atom stereocenters. The summed E-state index contributed by atoms with van der Waals surface area (Å²) in [4.78, 5) is 43.3. The van der Waals surface area contributed by atoms with Crippen LogP contribution in [0.2, 0.25) is 0 Å². The first kappa shape index (κ1) is 80.4. The molecule has 570 valence electrons. The molecule has 16 bridgehead atoms. The smallest absolute Gasteiger partial charge is 0.0851 e. The van der Waals surface area contributed by atoms with E-state index >= 15 is 0 Å². The largest absolute Gasteiger partial charge is 0.355 e. The van der Waals surface area contributed by atoms with Gasteiger partial charge in [-0.05, 0) is 325 Å². The number of H-pyrrole nitrogens is 4. The monoisotopic (exact) mass is 1490 g/mol. The second kappa shape index (κ2) is 36.8. The van der Waals surface area contributed by atoms with Gasteiger partial charge in [0.15, 0.2) is 0 Å². The third-order valence-electron chi connectivity index (χ3n) is 23.5. The summed E-state index contributed by atoms with van der Waals surface area (Å²) >= 11 is 3.64. The normalized spacial score (nSPS) is 12.8. The van der Waals surface area contributed by atoms with Crippen LogP contribution in [0, 0.1) is 47.4 Å². The van der Waals surface area contributed by atoms with Crippen LogP contribution in [-0.2, 0) is 64.2 Å². The third-order valence-corrected chi connectivity index (χ3v) is 25.9. The second-order valence-electron chi connectivity index (χ2n) is 29.7. The van der Waals surface area contributed by atoms with Crippen LogP contribution in [0.1, 0.15) is 349 Å². The van der Waals surface area contributed by atoms with Crippen LogP contribution in [0.5, 0.6) is 0 Å². The summed E-state index contributed by atoms with van der Waals surface area (Å²) in [5.74, 6) is 28.8. The van der Waals surface area contributed by atoms with E-state index in [1.807, 2.05) is 22.7 Å². The summed E-state index contributed by atoms with van der Waals surface area (Å²) in [6.45, 7) is 41.0. The van der Waals surface area contributed by atoms with Crippen LogP contribution in [0.3, 0.4) is 0 Å². The zero-order chi connectivity index (χ0) is 77.9. The first-order valence-electron chi connectivity index (χ1n) is 42.6. The standard InChI is InChI=1S/C100H118N8S2/c1-19-37-39-41-47-61-53-63(49-43-45-51-81-95-77(33-15)73(29-11)91(105-95)57-87-69(25-7)65(21-3)83(101-87)55-84-66(22-4)70(26-8)88(102-84)58-92-74(30-12)78(34-16)96(81)106-92)109-99(61)100-62(48-42-40-38-20-2)54-64(110-100)50-44-46-52-82-97-79(35-17)75(31-13)93(107-97)59-89-71(27-9)67(23-5)85(103-89)56-86-68(24-6)72(28-10)90(104-86)60-94-76(32-14)80(36-18)98(82)108-94/h53-60,101-104H,19-42,47-48H2,1-18H3. The molecular formula is C100H118N8S2. The molecule has 4 aliphatic rings.